The largest absolute Gasteiger partial charge is 0.438 e. The van der Waals surface area contributed by atoms with Gasteiger partial charge < -0.3 is 4.52 Å². The van der Waals surface area contributed by atoms with E-state index >= 15 is 0 Å². The van der Waals surface area contributed by atoms with E-state index in [1.807, 2.05) is 0 Å². The summed E-state index contributed by atoms with van der Waals surface area (Å²) < 4.78 is 7.02. The van der Waals surface area contributed by atoms with Gasteiger partial charge in [-0.05, 0) is 37.1 Å². The Hall–Kier alpha value is 1.37. The predicted octanol–water partition coefficient (Wildman–Crippen LogP) is 6.36. The first kappa shape index (κ1) is 17.4. The Morgan fingerprint density at radius 2 is 1.22 bits per heavy atom. The van der Waals surface area contributed by atoms with Gasteiger partial charge in [-0.2, -0.15) is 0 Å². The van der Waals surface area contributed by atoms with Gasteiger partial charge in [-0.15, -0.1) is 0 Å². The normalized spacial score (nSPS) is 14.7. The van der Waals surface area contributed by atoms with Gasteiger partial charge in [0.1, 0.15) is 10.0 Å². The van der Waals surface area contributed by atoms with Gasteiger partial charge >= 0.3 is 0 Å². The van der Waals surface area contributed by atoms with E-state index in [2.05, 4.69) is 0 Å². The van der Waals surface area contributed by atoms with Gasteiger partial charge in [0.25, 0.3) is 5.77 Å². The van der Waals surface area contributed by atoms with Crippen molar-refractivity contribution >= 4 is 86.8 Å². The molecular formula is C8H6Cl6NOPS. The van der Waals surface area contributed by atoms with Crippen molar-refractivity contribution < 1.29 is 4.52 Å². The molecule has 1 aromatic carbocycles. The molecule has 18 heavy (non-hydrogen) atoms. The molecule has 102 valence electrons. The molecule has 0 spiro atoms. The summed E-state index contributed by atoms with van der Waals surface area (Å²) in [4.78, 5) is 0. The van der Waals surface area contributed by atoms with Gasteiger partial charge in [0.15, 0.2) is 5.75 Å². The molecule has 10 heteroatoms. The number of benzene rings is 1. The lowest BCUT2D eigenvalue weighted by atomic mass is 10.3. The molecule has 0 fully saturated rings. The van der Waals surface area contributed by atoms with Gasteiger partial charge in [0, 0.05) is 0 Å². The average molecular weight is 408 g/mol. The smallest absolute Gasteiger partial charge is 0.270 e. The lowest BCUT2D eigenvalue weighted by Crippen LogP contribution is -2.08. The van der Waals surface area contributed by atoms with Crippen molar-refractivity contribution in [2.24, 2.45) is 0 Å². The summed E-state index contributed by atoms with van der Waals surface area (Å²) >= 11 is 40.9. The molecule has 0 heterocycles. The first-order chi connectivity index (χ1) is 8.09. The monoisotopic (exact) mass is 405 g/mol. The van der Waals surface area contributed by atoms with Crippen LogP contribution in [0.3, 0.4) is 0 Å². The molecule has 2 nitrogen and oxygen atoms in total. The zero-order valence-corrected chi connectivity index (χ0v) is 15.2. The van der Waals surface area contributed by atoms with Crippen molar-refractivity contribution in [1.82, 2.24) is 4.67 Å². The van der Waals surface area contributed by atoms with Crippen molar-refractivity contribution in [2.45, 2.75) is 0 Å². The van der Waals surface area contributed by atoms with Gasteiger partial charge in [0.2, 0.25) is 0 Å². The molecule has 0 aliphatic carbocycles. The maximum absolute atomic E-state index is 6.09. The molecule has 0 radical (unpaired) electrons. The minimum atomic E-state index is -2.79. The Morgan fingerprint density at radius 1 is 0.889 bits per heavy atom. The summed E-state index contributed by atoms with van der Waals surface area (Å²) in [5.41, 5.74) is 0. The molecule has 1 unspecified atom stereocenters. The second-order valence-corrected chi connectivity index (χ2v) is 10.5. The van der Waals surface area contributed by atoms with E-state index in [0.717, 1.165) is 0 Å². The fourth-order valence-corrected chi connectivity index (χ4v) is 3.17. The molecule has 0 aliphatic heterocycles. The van der Waals surface area contributed by atoms with Gasteiger partial charge in [-0.3, -0.25) is 0 Å². The lowest BCUT2D eigenvalue weighted by molar-refractivity contribution is 0.543. The number of nitrogens with zero attached hydrogens (tertiary/aromatic N) is 1. The number of rotatable bonds is 3. The van der Waals surface area contributed by atoms with Gasteiger partial charge in [-0.1, -0.05) is 58.0 Å². The summed E-state index contributed by atoms with van der Waals surface area (Å²) in [6, 6.07) is 0. The Kier molecular flexibility index (Phi) is 6.22. The highest BCUT2D eigenvalue weighted by atomic mass is 35.7. The van der Waals surface area contributed by atoms with E-state index in [4.69, 9.17) is 85.6 Å². The molecule has 0 bridgehead atoms. The van der Waals surface area contributed by atoms with Crippen LogP contribution in [0.25, 0.3) is 0 Å². The molecule has 0 aliphatic rings. The maximum atomic E-state index is 6.09. The molecule has 0 saturated carbocycles. The van der Waals surface area contributed by atoms with Crippen LogP contribution in [-0.2, 0) is 11.8 Å². The average Bonchev–Trinajstić information content (AvgIpc) is 2.29. The Balaban J connectivity index is 3.40. The Bertz CT molecular complexity index is 508. The van der Waals surface area contributed by atoms with Crippen molar-refractivity contribution in [3.8, 4) is 5.75 Å². The fraction of sp³-hybridized carbons (Fsp3) is 0.250. The highest BCUT2D eigenvalue weighted by Crippen LogP contribution is 2.59. The van der Waals surface area contributed by atoms with Crippen molar-refractivity contribution in [3.63, 3.8) is 0 Å². The molecule has 1 rings (SSSR count). The summed E-state index contributed by atoms with van der Waals surface area (Å²) in [7, 11) is 3.35. The van der Waals surface area contributed by atoms with Crippen molar-refractivity contribution in [2.75, 3.05) is 14.1 Å². The van der Waals surface area contributed by atoms with E-state index in [9.17, 15) is 0 Å². The third-order valence-corrected chi connectivity index (χ3v) is 7.77. The van der Waals surface area contributed by atoms with E-state index in [1.54, 1.807) is 18.8 Å². The van der Waals surface area contributed by atoms with Gasteiger partial charge in [0.05, 0.1) is 15.1 Å². The maximum Gasteiger partial charge on any atom is 0.270 e. The molecule has 0 N–H and O–H groups in total. The van der Waals surface area contributed by atoms with Crippen LogP contribution in [0.4, 0.5) is 0 Å². The lowest BCUT2D eigenvalue weighted by Gasteiger charge is -2.24. The fourth-order valence-electron chi connectivity index (χ4n) is 0.859. The zero-order valence-electron chi connectivity index (χ0n) is 8.98. The topological polar surface area (TPSA) is 12.5 Å². The number of halogens is 6. The summed E-state index contributed by atoms with van der Waals surface area (Å²) in [6.45, 7) is 0. The molecule has 0 amide bonds. The number of hydrogen-bond donors (Lipinski definition) is 0. The van der Waals surface area contributed by atoms with Crippen LogP contribution in [-0.4, -0.2) is 18.8 Å². The summed E-state index contributed by atoms with van der Waals surface area (Å²) in [6.07, 6.45) is 0. The second kappa shape index (κ2) is 6.43. The highest BCUT2D eigenvalue weighted by molar-refractivity contribution is 8.23. The minimum Gasteiger partial charge on any atom is -0.438 e. The Labute approximate surface area is 140 Å². The Morgan fingerprint density at radius 3 is 1.56 bits per heavy atom. The summed E-state index contributed by atoms with van der Waals surface area (Å²) in [5.74, 6) is -2.75. The zero-order chi connectivity index (χ0) is 14.2. The van der Waals surface area contributed by atoms with Gasteiger partial charge in [-0.25, -0.2) is 4.67 Å². The van der Waals surface area contributed by atoms with E-state index in [1.165, 1.54) is 0 Å². The van der Waals surface area contributed by atoms with E-state index in [0.29, 0.717) is 0 Å². The molecule has 0 aromatic heterocycles. The highest BCUT2D eigenvalue weighted by Gasteiger charge is 2.26. The third-order valence-electron chi connectivity index (χ3n) is 1.85. The predicted molar refractivity (Wildman–Crippen MR) is 85.9 cm³/mol. The quantitative estimate of drug-likeness (QED) is 0.328. The number of hydrogen-bond acceptors (Lipinski definition) is 2. The van der Waals surface area contributed by atoms with E-state index < -0.39 is 5.77 Å². The first-order valence-corrected chi connectivity index (χ1v) is 9.75. The molecule has 1 atom stereocenters. The molecular weight excluding hydrogens is 402 g/mol. The van der Waals surface area contributed by atoms with Crippen LogP contribution in [0.5, 0.6) is 5.75 Å². The van der Waals surface area contributed by atoms with Crippen molar-refractivity contribution in [1.29, 1.82) is 0 Å². The molecule has 1 aromatic rings. The molecule has 0 saturated heterocycles. The third kappa shape index (κ3) is 3.52. The van der Waals surface area contributed by atoms with Crippen molar-refractivity contribution in [3.05, 3.63) is 25.1 Å². The first-order valence-electron chi connectivity index (χ1n) is 4.28. The standard InChI is InChI=1S/C8H6Cl6NOPS/c1-15(2)17(14,18)16-8-6(12)4(10)3(9)5(11)7(8)13/h1-2H3. The van der Waals surface area contributed by atoms with Crippen LogP contribution >= 0.6 is 75.0 Å². The SMILES string of the molecule is CN(C)P(=S)(Cl)Oc1c(Cl)c(Cl)c(Cl)c(Cl)c1Cl. The van der Waals surface area contributed by atoms with Crippen LogP contribution in [0.15, 0.2) is 0 Å². The summed E-state index contributed by atoms with van der Waals surface area (Å²) in [5, 5.41) is 0.162. The van der Waals surface area contributed by atoms with Crippen LogP contribution in [0, 0.1) is 0 Å². The second-order valence-electron chi connectivity index (χ2n) is 3.29. The van der Waals surface area contributed by atoms with Crippen LogP contribution in [0.1, 0.15) is 0 Å². The minimum absolute atomic E-state index is 0.0211. The van der Waals surface area contributed by atoms with Crippen LogP contribution < -0.4 is 4.52 Å². The van der Waals surface area contributed by atoms with Crippen LogP contribution in [0.2, 0.25) is 25.1 Å². The van der Waals surface area contributed by atoms with E-state index in [-0.39, 0.29) is 30.9 Å².